The Labute approximate surface area is 185 Å². The van der Waals surface area contributed by atoms with Crippen molar-refractivity contribution in [1.82, 2.24) is 14.5 Å². The van der Waals surface area contributed by atoms with Gasteiger partial charge in [-0.2, -0.15) is 0 Å². The van der Waals surface area contributed by atoms with E-state index in [1.165, 1.54) is 29.3 Å². The number of hydrogen-bond donors (Lipinski definition) is 1. The van der Waals surface area contributed by atoms with E-state index in [4.69, 9.17) is 0 Å². The summed E-state index contributed by atoms with van der Waals surface area (Å²) in [5.74, 6) is -0.320. The highest BCUT2D eigenvalue weighted by Crippen LogP contribution is 2.35. The number of aryl methyl sites for hydroxylation is 1. The first-order chi connectivity index (χ1) is 14.6. The van der Waals surface area contributed by atoms with Gasteiger partial charge in [0.1, 0.15) is 0 Å². The maximum atomic E-state index is 11.3. The van der Waals surface area contributed by atoms with Crippen LogP contribution in [0.3, 0.4) is 0 Å². The number of aromatic nitrogens is 2. The second kappa shape index (κ2) is 9.31. The van der Waals surface area contributed by atoms with Crippen molar-refractivity contribution in [2.45, 2.75) is 51.6 Å². The van der Waals surface area contributed by atoms with Gasteiger partial charge in [-0.15, -0.1) is 0 Å². The molecule has 1 aromatic carbocycles. The number of carboxylic acid groups (broad SMARTS) is 1. The second-order valence-corrected chi connectivity index (χ2v) is 9.04. The smallest absolute Gasteiger partial charge is 0.335 e. The molecular weight excluding hydrogens is 442 g/mol. The highest BCUT2D eigenvalue weighted by molar-refractivity contribution is 9.10. The Hall–Kier alpha value is -2.18. The fourth-order valence-electron chi connectivity index (χ4n) is 4.48. The van der Waals surface area contributed by atoms with Crippen LogP contribution in [0.5, 0.6) is 0 Å². The fraction of sp³-hybridized carbons (Fsp3) is 0.417. The Bertz CT molecular complexity index is 1040. The quantitative estimate of drug-likeness (QED) is 0.483. The molecule has 0 radical (unpaired) electrons. The van der Waals surface area contributed by atoms with Gasteiger partial charge in [-0.25, -0.2) is 4.79 Å². The molecule has 0 spiro atoms. The summed E-state index contributed by atoms with van der Waals surface area (Å²) in [6.45, 7) is 6.08. The second-order valence-electron chi connectivity index (χ2n) is 8.19. The third-order valence-corrected chi connectivity index (χ3v) is 6.96. The lowest BCUT2D eigenvalue weighted by Gasteiger charge is -2.32. The molecule has 1 fully saturated rings. The standard InChI is InChI=1S/C24H28BrN3O2/c1-2-3-10-28-16-21(20-6-9-26-14-23(20)28)17-7-11-27(12-8-17)15-19-13-18(24(29)30)4-5-22(19)25/h4-6,9,13-14,16-17H,2-3,7-8,10-12,15H2,1H3,(H,29,30). The van der Waals surface area contributed by atoms with Crippen LogP contribution in [0.25, 0.3) is 10.9 Å². The SMILES string of the molecule is CCCCn1cc(C2CCN(Cc3cc(C(=O)O)ccc3Br)CC2)c2ccncc21. The minimum Gasteiger partial charge on any atom is -0.478 e. The van der Waals surface area contributed by atoms with Gasteiger partial charge >= 0.3 is 5.97 Å². The summed E-state index contributed by atoms with van der Waals surface area (Å²) >= 11 is 3.58. The Morgan fingerprint density at radius 1 is 1.27 bits per heavy atom. The Morgan fingerprint density at radius 3 is 2.80 bits per heavy atom. The Morgan fingerprint density at radius 2 is 2.07 bits per heavy atom. The number of carboxylic acids is 1. The van der Waals surface area contributed by atoms with Crippen molar-refractivity contribution in [1.29, 1.82) is 0 Å². The average molecular weight is 470 g/mol. The molecule has 0 bridgehead atoms. The summed E-state index contributed by atoms with van der Waals surface area (Å²) in [7, 11) is 0. The highest BCUT2D eigenvalue weighted by atomic mass is 79.9. The highest BCUT2D eigenvalue weighted by Gasteiger charge is 2.24. The van der Waals surface area contributed by atoms with Gasteiger partial charge in [0.25, 0.3) is 0 Å². The topological polar surface area (TPSA) is 58.4 Å². The van der Waals surface area contributed by atoms with E-state index in [1.54, 1.807) is 12.1 Å². The van der Waals surface area contributed by atoms with Gasteiger partial charge in [-0.1, -0.05) is 29.3 Å². The molecule has 0 saturated carbocycles. The van der Waals surface area contributed by atoms with Gasteiger partial charge in [-0.3, -0.25) is 9.88 Å². The molecule has 30 heavy (non-hydrogen) atoms. The van der Waals surface area contributed by atoms with Crippen LogP contribution in [0, 0.1) is 0 Å². The molecule has 1 aliphatic heterocycles. The first kappa shape index (κ1) is 21.1. The number of carbonyl (C=O) groups is 1. The minimum atomic E-state index is -0.878. The lowest BCUT2D eigenvalue weighted by Crippen LogP contribution is -2.32. The summed E-state index contributed by atoms with van der Waals surface area (Å²) in [6, 6.07) is 7.43. The van der Waals surface area contributed by atoms with Gasteiger partial charge in [0.05, 0.1) is 17.3 Å². The number of nitrogens with zero attached hydrogens (tertiary/aromatic N) is 3. The van der Waals surface area contributed by atoms with E-state index in [2.05, 4.69) is 49.6 Å². The predicted molar refractivity (Wildman–Crippen MR) is 123 cm³/mol. The molecule has 158 valence electrons. The first-order valence-corrected chi connectivity index (χ1v) is 11.5. The molecule has 4 rings (SSSR count). The van der Waals surface area contributed by atoms with Crippen LogP contribution >= 0.6 is 15.9 Å². The van der Waals surface area contributed by atoms with Crippen molar-refractivity contribution in [2.75, 3.05) is 13.1 Å². The molecule has 1 saturated heterocycles. The van der Waals surface area contributed by atoms with Crippen LogP contribution in [0.2, 0.25) is 0 Å². The van der Waals surface area contributed by atoms with Crippen molar-refractivity contribution < 1.29 is 9.90 Å². The van der Waals surface area contributed by atoms with E-state index in [9.17, 15) is 9.90 Å². The maximum Gasteiger partial charge on any atom is 0.335 e. The van der Waals surface area contributed by atoms with E-state index in [-0.39, 0.29) is 0 Å². The van der Waals surface area contributed by atoms with E-state index < -0.39 is 5.97 Å². The first-order valence-electron chi connectivity index (χ1n) is 10.7. The van der Waals surface area contributed by atoms with E-state index in [0.717, 1.165) is 49.1 Å². The normalized spacial score (nSPS) is 15.7. The largest absolute Gasteiger partial charge is 0.478 e. The van der Waals surface area contributed by atoms with Crippen LogP contribution in [0.15, 0.2) is 47.3 Å². The molecule has 3 heterocycles. The van der Waals surface area contributed by atoms with Gasteiger partial charge in [0.2, 0.25) is 0 Å². The van der Waals surface area contributed by atoms with Gasteiger partial charge in [0, 0.05) is 35.3 Å². The van der Waals surface area contributed by atoms with Crippen LogP contribution in [-0.2, 0) is 13.1 Å². The summed E-state index contributed by atoms with van der Waals surface area (Å²) in [5.41, 5.74) is 4.09. The van der Waals surface area contributed by atoms with Crippen molar-refractivity contribution in [3.05, 3.63) is 64.0 Å². The number of unbranched alkanes of at least 4 members (excludes halogenated alkanes) is 1. The van der Waals surface area contributed by atoms with Crippen LogP contribution in [0.4, 0.5) is 0 Å². The number of pyridine rings is 1. The van der Waals surface area contributed by atoms with Gasteiger partial charge in [0.15, 0.2) is 0 Å². The molecule has 0 aliphatic carbocycles. The Balaban J connectivity index is 1.46. The van der Waals surface area contributed by atoms with Crippen LogP contribution < -0.4 is 0 Å². The third-order valence-electron chi connectivity index (χ3n) is 6.18. The number of rotatable bonds is 7. The third kappa shape index (κ3) is 4.44. The average Bonchev–Trinajstić information content (AvgIpc) is 3.13. The van der Waals surface area contributed by atoms with Gasteiger partial charge < -0.3 is 9.67 Å². The molecule has 1 aliphatic rings. The molecule has 0 unspecified atom stereocenters. The van der Waals surface area contributed by atoms with Crippen LogP contribution in [0.1, 0.15) is 60.0 Å². The number of fused-ring (bicyclic) bond motifs is 1. The van der Waals surface area contributed by atoms with E-state index in [0.29, 0.717) is 11.5 Å². The summed E-state index contributed by atoms with van der Waals surface area (Å²) in [6.07, 6.45) is 10.9. The predicted octanol–water partition coefficient (Wildman–Crippen LogP) is 5.68. The summed E-state index contributed by atoms with van der Waals surface area (Å²) in [4.78, 5) is 18.1. The van der Waals surface area contributed by atoms with Crippen molar-refractivity contribution in [2.24, 2.45) is 0 Å². The van der Waals surface area contributed by atoms with Crippen molar-refractivity contribution >= 4 is 32.8 Å². The molecule has 6 heteroatoms. The molecule has 5 nitrogen and oxygen atoms in total. The fourth-order valence-corrected chi connectivity index (χ4v) is 4.85. The molecular formula is C24H28BrN3O2. The number of piperidine rings is 1. The lowest BCUT2D eigenvalue weighted by molar-refractivity contribution is 0.0696. The number of benzene rings is 1. The zero-order valence-electron chi connectivity index (χ0n) is 17.4. The molecule has 1 N–H and O–H groups in total. The number of likely N-dealkylation sites (tertiary alicyclic amines) is 1. The lowest BCUT2D eigenvalue weighted by atomic mass is 9.89. The molecule has 3 aromatic rings. The number of hydrogen-bond acceptors (Lipinski definition) is 3. The van der Waals surface area contributed by atoms with E-state index in [1.807, 2.05) is 18.5 Å². The molecule has 0 atom stereocenters. The summed E-state index contributed by atoms with van der Waals surface area (Å²) in [5, 5.41) is 10.6. The van der Waals surface area contributed by atoms with Crippen molar-refractivity contribution in [3.63, 3.8) is 0 Å². The monoisotopic (exact) mass is 469 g/mol. The van der Waals surface area contributed by atoms with Crippen LogP contribution in [-0.4, -0.2) is 38.6 Å². The molecule has 2 aromatic heterocycles. The number of halogens is 1. The van der Waals surface area contributed by atoms with E-state index >= 15 is 0 Å². The zero-order valence-corrected chi connectivity index (χ0v) is 18.9. The molecule has 0 amide bonds. The van der Waals surface area contributed by atoms with Gasteiger partial charge in [-0.05, 0) is 73.7 Å². The zero-order chi connectivity index (χ0) is 21.1. The van der Waals surface area contributed by atoms with Crippen molar-refractivity contribution in [3.8, 4) is 0 Å². The maximum absolute atomic E-state index is 11.3. The minimum absolute atomic E-state index is 0.344. The number of aromatic carboxylic acids is 1. The Kier molecular flexibility index (Phi) is 6.54. The summed E-state index contributed by atoms with van der Waals surface area (Å²) < 4.78 is 3.35.